The molecule has 0 aromatic heterocycles. The van der Waals surface area contributed by atoms with E-state index < -0.39 is 5.60 Å². The van der Waals surface area contributed by atoms with E-state index in [1.165, 1.54) is 32.1 Å². The number of amides is 1. The van der Waals surface area contributed by atoms with Gasteiger partial charge in [0.1, 0.15) is 5.60 Å². The molecule has 2 unspecified atom stereocenters. The largest absolute Gasteiger partial charge is 0.444 e. The van der Waals surface area contributed by atoms with Crippen molar-refractivity contribution in [3.8, 4) is 0 Å². The van der Waals surface area contributed by atoms with Gasteiger partial charge in [-0.1, -0.05) is 31.9 Å². The van der Waals surface area contributed by atoms with E-state index in [1.54, 1.807) is 0 Å². The van der Waals surface area contributed by atoms with E-state index in [0.29, 0.717) is 12.6 Å². The van der Waals surface area contributed by atoms with Crippen LogP contribution in [-0.4, -0.2) is 30.8 Å². The van der Waals surface area contributed by atoms with Gasteiger partial charge in [0.25, 0.3) is 0 Å². The first-order valence-corrected chi connectivity index (χ1v) is 8.76. The van der Waals surface area contributed by atoms with Gasteiger partial charge in [-0.05, 0) is 58.9 Å². The monoisotopic (exact) mass is 310 g/mol. The maximum atomic E-state index is 11.8. The molecule has 128 valence electrons. The lowest BCUT2D eigenvalue weighted by Gasteiger charge is -2.25. The lowest BCUT2D eigenvalue weighted by molar-refractivity contribution is 0.0521. The lowest BCUT2D eigenvalue weighted by atomic mass is 9.94. The van der Waals surface area contributed by atoms with Gasteiger partial charge in [-0.2, -0.15) is 0 Å². The van der Waals surface area contributed by atoms with Crippen molar-refractivity contribution < 1.29 is 9.53 Å². The molecule has 1 aliphatic carbocycles. The lowest BCUT2D eigenvalue weighted by Crippen LogP contribution is -2.44. The Hall–Kier alpha value is -1.03. The molecule has 1 aliphatic rings. The average Bonchev–Trinajstić information content (AvgIpc) is 2.45. The van der Waals surface area contributed by atoms with E-state index in [0.717, 1.165) is 18.9 Å². The summed E-state index contributed by atoms with van der Waals surface area (Å²) in [5, 5.41) is 6.54. The minimum Gasteiger partial charge on any atom is -0.444 e. The number of nitrogens with one attached hydrogen (secondary N) is 2. The standard InChI is InChI=1S/C18H34N2O2/c1-5-6-12-16(14-20-17(21)22-18(2,3)4)19-13-15-10-8-7-9-11-15/h7-8,15-16,19H,5-6,9-14H2,1-4H3,(H,20,21). The van der Waals surface area contributed by atoms with Crippen LogP contribution in [0.2, 0.25) is 0 Å². The molecule has 0 aliphatic heterocycles. The molecule has 0 aromatic rings. The average molecular weight is 310 g/mol. The Bertz CT molecular complexity index is 347. The van der Waals surface area contributed by atoms with Gasteiger partial charge in [-0.15, -0.1) is 0 Å². The minimum atomic E-state index is -0.440. The van der Waals surface area contributed by atoms with E-state index in [9.17, 15) is 4.79 Å². The van der Waals surface area contributed by atoms with E-state index in [2.05, 4.69) is 29.7 Å². The molecule has 0 radical (unpaired) electrons. The van der Waals surface area contributed by atoms with Crippen LogP contribution in [0.25, 0.3) is 0 Å². The first-order valence-electron chi connectivity index (χ1n) is 8.76. The third-order valence-corrected chi connectivity index (χ3v) is 3.87. The number of rotatable bonds is 8. The Labute approximate surface area is 136 Å². The first-order chi connectivity index (χ1) is 10.4. The molecule has 22 heavy (non-hydrogen) atoms. The van der Waals surface area contributed by atoms with Crippen molar-refractivity contribution in [2.45, 2.75) is 77.9 Å². The van der Waals surface area contributed by atoms with Crippen LogP contribution in [0.3, 0.4) is 0 Å². The fourth-order valence-electron chi connectivity index (χ4n) is 2.62. The molecule has 2 N–H and O–H groups in total. The number of alkyl carbamates (subject to hydrolysis) is 1. The van der Waals surface area contributed by atoms with Crippen molar-refractivity contribution >= 4 is 6.09 Å². The molecular formula is C18H34N2O2. The van der Waals surface area contributed by atoms with Crippen LogP contribution in [0.1, 0.15) is 66.2 Å². The van der Waals surface area contributed by atoms with Gasteiger partial charge in [-0.3, -0.25) is 0 Å². The van der Waals surface area contributed by atoms with Crippen molar-refractivity contribution in [3.05, 3.63) is 12.2 Å². The molecule has 4 nitrogen and oxygen atoms in total. The first kappa shape index (κ1) is 19.0. The van der Waals surface area contributed by atoms with Gasteiger partial charge in [-0.25, -0.2) is 4.79 Å². The predicted molar refractivity (Wildman–Crippen MR) is 92.0 cm³/mol. The second kappa shape index (κ2) is 9.88. The van der Waals surface area contributed by atoms with E-state index >= 15 is 0 Å². The SMILES string of the molecule is CCCCC(CNC(=O)OC(C)(C)C)NCC1CC=CCC1. The summed E-state index contributed by atoms with van der Waals surface area (Å²) in [6.45, 7) is 9.53. The Kier molecular flexibility index (Phi) is 8.54. The highest BCUT2D eigenvalue weighted by Gasteiger charge is 2.18. The molecule has 0 saturated heterocycles. The fourth-order valence-corrected chi connectivity index (χ4v) is 2.62. The quantitative estimate of drug-likeness (QED) is 0.666. The number of carbonyl (C=O) groups excluding carboxylic acids is 1. The maximum Gasteiger partial charge on any atom is 0.407 e. The topological polar surface area (TPSA) is 50.4 Å². The molecule has 4 heteroatoms. The van der Waals surface area contributed by atoms with E-state index in [-0.39, 0.29) is 6.09 Å². The van der Waals surface area contributed by atoms with Crippen molar-refractivity contribution in [1.82, 2.24) is 10.6 Å². The molecule has 0 aromatic carbocycles. The minimum absolute atomic E-state index is 0.323. The zero-order valence-corrected chi connectivity index (χ0v) is 14.8. The summed E-state index contributed by atoms with van der Waals surface area (Å²) in [6.07, 6.45) is 11.3. The summed E-state index contributed by atoms with van der Waals surface area (Å²) in [5.41, 5.74) is -0.440. The van der Waals surface area contributed by atoms with Gasteiger partial charge >= 0.3 is 6.09 Å². The van der Waals surface area contributed by atoms with Crippen LogP contribution < -0.4 is 10.6 Å². The molecule has 1 rings (SSSR count). The Balaban J connectivity index is 2.32. The number of allylic oxidation sites excluding steroid dienone is 2. The Morgan fingerprint density at radius 3 is 2.73 bits per heavy atom. The van der Waals surface area contributed by atoms with Gasteiger partial charge < -0.3 is 15.4 Å². The zero-order chi connectivity index (χ0) is 16.4. The zero-order valence-electron chi connectivity index (χ0n) is 14.8. The summed E-state index contributed by atoms with van der Waals surface area (Å²) in [5.74, 6) is 0.732. The highest BCUT2D eigenvalue weighted by Crippen LogP contribution is 2.17. The summed E-state index contributed by atoms with van der Waals surface area (Å²) >= 11 is 0. The van der Waals surface area contributed by atoms with Crippen molar-refractivity contribution in [2.75, 3.05) is 13.1 Å². The van der Waals surface area contributed by atoms with E-state index in [4.69, 9.17) is 4.74 Å². The summed E-state index contributed by atoms with van der Waals surface area (Å²) < 4.78 is 5.30. The number of ether oxygens (including phenoxy) is 1. The second-order valence-corrected chi connectivity index (χ2v) is 7.28. The Morgan fingerprint density at radius 2 is 2.14 bits per heavy atom. The van der Waals surface area contributed by atoms with Crippen LogP contribution >= 0.6 is 0 Å². The fraction of sp³-hybridized carbons (Fsp3) is 0.833. The molecule has 2 atom stereocenters. The highest BCUT2D eigenvalue weighted by atomic mass is 16.6. The molecular weight excluding hydrogens is 276 g/mol. The molecule has 1 amide bonds. The smallest absolute Gasteiger partial charge is 0.407 e. The second-order valence-electron chi connectivity index (χ2n) is 7.28. The van der Waals surface area contributed by atoms with Crippen molar-refractivity contribution in [2.24, 2.45) is 5.92 Å². The van der Waals surface area contributed by atoms with Gasteiger partial charge in [0.2, 0.25) is 0 Å². The Morgan fingerprint density at radius 1 is 1.36 bits per heavy atom. The van der Waals surface area contributed by atoms with Crippen molar-refractivity contribution in [1.29, 1.82) is 0 Å². The van der Waals surface area contributed by atoms with Gasteiger partial charge in [0.05, 0.1) is 0 Å². The number of unbranched alkanes of at least 4 members (excludes halogenated alkanes) is 1. The van der Waals surface area contributed by atoms with Gasteiger partial charge in [0.15, 0.2) is 0 Å². The molecule has 0 fully saturated rings. The van der Waals surface area contributed by atoms with Crippen LogP contribution in [0.5, 0.6) is 0 Å². The van der Waals surface area contributed by atoms with Crippen molar-refractivity contribution in [3.63, 3.8) is 0 Å². The predicted octanol–water partition coefficient (Wildman–Crippen LogP) is 4.02. The van der Waals surface area contributed by atoms with Crippen LogP contribution in [0, 0.1) is 5.92 Å². The maximum absolute atomic E-state index is 11.8. The number of carbonyl (C=O) groups is 1. The van der Waals surface area contributed by atoms with Gasteiger partial charge in [0, 0.05) is 12.6 Å². The summed E-state index contributed by atoms with van der Waals surface area (Å²) in [4.78, 5) is 11.8. The summed E-state index contributed by atoms with van der Waals surface area (Å²) in [6, 6.07) is 0.332. The van der Waals surface area contributed by atoms with Crippen LogP contribution in [-0.2, 0) is 4.74 Å². The van der Waals surface area contributed by atoms with Crippen LogP contribution in [0.15, 0.2) is 12.2 Å². The third kappa shape index (κ3) is 9.08. The normalized spacial score (nSPS) is 19.7. The molecule has 0 bridgehead atoms. The summed E-state index contributed by atoms with van der Waals surface area (Å²) in [7, 11) is 0. The van der Waals surface area contributed by atoms with E-state index in [1.807, 2.05) is 20.8 Å². The molecule has 0 saturated carbocycles. The highest BCUT2D eigenvalue weighted by molar-refractivity contribution is 5.67. The number of hydrogen-bond acceptors (Lipinski definition) is 3. The van der Waals surface area contributed by atoms with Crippen LogP contribution in [0.4, 0.5) is 4.79 Å². The molecule has 0 spiro atoms. The third-order valence-electron chi connectivity index (χ3n) is 3.87. The molecule has 0 heterocycles. The number of hydrogen-bond donors (Lipinski definition) is 2.